The van der Waals surface area contributed by atoms with Crippen LogP contribution >= 0.6 is 0 Å². The number of benzene rings is 1. The van der Waals surface area contributed by atoms with Crippen LogP contribution in [0.1, 0.15) is 43.5 Å². The highest BCUT2D eigenvalue weighted by Gasteiger charge is 2.26. The van der Waals surface area contributed by atoms with E-state index < -0.39 is 15.1 Å². The first kappa shape index (κ1) is 17.0. The van der Waals surface area contributed by atoms with Crippen molar-refractivity contribution in [3.05, 3.63) is 29.8 Å². The van der Waals surface area contributed by atoms with Gasteiger partial charge in [0, 0.05) is 18.0 Å². The van der Waals surface area contributed by atoms with Crippen LogP contribution in [0.3, 0.4) is 0 Å². The number of rotatable bonds is 5. The fourth-order valence-electron chi connectivity index (χ4n) is 2.67. The molecule has 1 saturated carbocycles. The van der Waals surface area contributed by atoms with E-state index in [2.05, 4.69) is 5.32 Å². The summed E-state index contributed by atoms with van der Waals surface area (Å²) in [5.74, 6) is -0.216. The van der Waals surface area contributed by atoms with Crippen LogP contribution in [0.15, 0.2) is 29.2 Å². The third-order valence-corrected chi connectivity index (χ3v) is 6.34. The second-order valence-corrected chi connectivity index (χ2v) is 8.59. The minimum absolute atomic E-state index is 0.0894. The third kappa shape index (κ3) is 3.67. The summed E-state index contributed by atoms with van der Waals surface area (Å²) in [7, 11) is -3.39. The SMILES string of the molecule is CC(C)S(=O)(=O)c1cccc(C(=O)NC[C@H]2CCC[C@@H]2O)c1. The molecule has 122 valence electrons. The molecule has 5 nitrogen and oxygen atoms in total. The highest BCUT2D eigenvalue weighted by atomic mass is 32.2. The number of nitrogens with one attached hydrogen (secondary N) is 1. The molecule has 2 N–H and O–H groups in total. The highest BCUT2D eigenvalue weighted by Crippen LogP contribution is 2.24. The van der Waals surface area contributed by atoms with Gasteiger partial charge in [-0.1, -0.05) is 12.5 Å². The first-order chi connectivity index (χ1) is 10.3. The molecule has 1 amide bonds. The van der Waals surface area contributed by atoms with Gasteiger partial charge in [-0.15, -0.1) is 0 Å². The lowest BCUT2D eigenvalue weighted by atomic mass is 10.1. The zero-order valence-electron chi connectivity index (χ0n) is 13.0. The Hall–Kier alpha value is -1.40. The van der Waals surface area contributed by atoms with E-state index in [1.54, 1.807) is 26.0 Å². The molecule has 0 radical (unpaired) electrons. The number of hydrogen-bond donors (Lipinski definition) is 2. The molecule has 0 bridgehead atoms. The maximum atomic E-state index is 12.2. The zero-order valence-corrected chi connectivity index (χ0v) is 13.8. The lowest BCUT2D eigenvalue weighted by Crippen LogP contribution is -2.32. The fourth-order valence-corrected chi connectivity index (χ4v) is 3.77. The second kappa shape index (κ2) is 6.79. The smallest absolute Gasteiger partial charge is 0.251 e. The Morgan fingerprint density at radius 1 is 1.36 bits per heavy atom. The fraction of sp³-hybridized carbons (Fsp3) is 0.562. The summed E-state index contributed by atoms with van der Waals surface area (Å²) in [6.45, 7) is 3.65. The maximum absolute atomic E-state index is 12.2. The molecular weight excluding hydrogens is 302 g/mol. The van der Waals surface area contributed by atoms with Crippen molar-refractivity contribution < 1.29 is 18.3 Å². The molecule has 1 aliphatic carbocycles. The van der Waals surface area contributed by atoms with Gasteiger partial charge in [0.05, 0.1) is 16.2 Å². The van der Waals surface area contributed by atoms with Crippen molar-refractivity contribution in [1.29, 1.82) is 0 Å². The van der Waals surface area contributed by atoms with E-state index in [1.165, 1.54) is 12.1 Å². The van der Waals surface area contributed by atoms with E-state index in [0.29, 0.717) is 12.1 Å². The molecular formula is C16H23NO4S. The largest absolute Gasteiger partial charge is 0.393 e. The van der Waals surface area contributed by atoms with E-state index in [1.807, 2.05) is 0 Å². The summed E-state index contributed by atoms with van der Waals surface area (Å²) >= 11 is 0. The van der Waals surface area contributed by atoms with Crippen molar-refractivity contribution in [3.63, 3.8) is 0 Å². The van der Waals surface area contributed by atoms with E-state index in [9.17, 15) is 18.3 Å². The van der Waals surface area contributed by atoms with Gasteiger partial charge in [-0.2, -0.15) is 0 Å². The van der Waals surface area contributed by atoms with Gasteiger partial charge in [0.1, 0.15) is 0 Å². The number of aliphatic hydroxyl groups excluding tert-OH is 1. The summed E-state index contributed by atoms with van der Waals surface area (Å²) in [6, 6.07) is 6.09. The Balaban J connectivity index is 2.07. The van der Waals surface area contributed by atoms with E-state index in [0.717, 1.165) is 19.3 Å². The second-order valence-electron chi connectivity index (χ2n) is 6.09. The van der Waals surface area contributed by atoms with E-state index in [4.69, 9.17) is 0 Å². The summed E-state index contributed by atoms with van der Waals surface area (Å²) in [4.78, 5) is 12.3. The van der Waals surface area contributed by atoms with Crippen molar-refractivity contribution in [2.24, 2.45) is 5.92 Å². The van der Waals surface area contributed by atoms with Crippen LogP contribution in [0.25, 0.3) is 0 Å². The molecule has 1 fully saturated rings. The highest BCUT2D eigenvalue weighted by molar-refractivity contribution is 7.92. The average molecular weight is 325 g/mol. The monoisotopic (exact) mass is 325 g/mol. The van der Waals surface area contributed by atoms with Crippen molar-refractivity contribution in [1.82, 2.24) is 5.32 Å². The van der Waals surface area contributed by atoms with Gasteiger partial charge < -0.3 is 10.4 Å². The van der Waals surface area contributed by atoms with Crippen molar-refractivity contribution >= 4 is 15.7 Å². The Kier molecular flexibility index (Phi) is 5.24. The maximum Gasteiger partial charge on any atom is 0.251 e. The number of carbonyl (C=O) groups excluding carboxylic acids is 1. The summed E-state index contributed by atoms with van der Waals surface area (Å²) in [5.41, 5.74) is 0.328. The third-order valence-electron chi connectivity index (χ3n) is 4.19. The molecule has 0 heterocycles. The summed E-state index contributed by atoms with van der Waals surface area (Å²) in [6.07, 6.45) is 2.31. The van der Waals surface area contributed by atoms with Crippen molar-refractivity contribution in [2.75, 3.05) is 6.54 Å². The lowest BCUT2D eigenvalue weighted by Gasteiger charge is -2.15. The van der Waals surface area contributed by atoms with Crippen LogP contribution in [0, 0.1) is 5.92 Å². The van der Waals surface area contributed by atoms with Crippen molar-refractivity contribution in [2.45, 2.75) is 49.4 Å². The van der Waals surface area contributed by atoms with Gasteiger partial charge in [0.2, 0.25) is 0 Å². The van der Waals surface area contributed by atoms with Crippen LogP contribution in [-0.2, 0) is 9.84 Å². The van der Waals surface area contributed by atoms with Crippen LogP contribution in [-0.4, -0.2) is 37.3 Å². The molecule has 0 aromatic heterocycles. The normalized spacial score (nSPS) is 22.0. The molecule has 1 aliphatic rings. The van der Waals surface area contributed by atoms with Gasteiger partial charge in [-0.05, 0) is 44.9 Å². The minimum Gasteiger partial charge on any atom is -0.393 e. The number of hydrogen-bond acceptors (Lipinski definition) is 4. The van der Waals surface area contributed by atoms with Gasteiger partial charge >= 0.3 is 0 Å². The first-order valence-electron chi connectivity index (χ1n) is 7.62. The number of sulfone groups is 1. The Morgan fingerprint density at radius 3 is 2.68 bits per heavy atom. The Bertz CT molecular complexity index is 639. The van der Waals surface area contributed by atoms with E-state index in [-0.39, 0.29) is 22.8 Å². The van der Waals surface area contributed by atoms with Gasteiger partial charge in [0.15, 0.2) is 9.84 Å². The molecule has 0 aliphatic heterocycles. The average Bonchev–Trinajstić information content (AvgIpc) is 2.90. The summed E-state index contributed by atoms with van der Waals surface area (Å²) in [5, 5.41) is 12.0. The number of aliphatic hydroxyl groups is 1. The van der Waals surface area contributed by atoms with E-state index >= 15 is 0 Å². The molecule has 1 aromatic rings. The molecule has 2 rings (SSSR count). The standard InChI is InChI=1S/C16H23NO4S/c1-11(2)22(20,21)14-7-3-5-12(9-14)16(19)17-10-13-6-4-8-15(13)18/h3,5,7,9,11,13,15,18H,4,6,8,10H2,1-2H3,(H,17,19)/t13-,15+/m1/s1. The van der Waals surface area contributed by atoms with Gasteiger partial charge in [-0.25, -0.2) is 8.42 Å². The molecule has 0 spiro atoms. The van der Waals surface area contributed by atoms with Crippen molar-refractivity contribution in [3.8, 4) is 0 Å². The first-order valence-corrected chi connectivity index (χ1v) is 9.17. The minimum atomic E-state index is -3.39. The van der Waals surface area contributed by atoms with Crippen LogP contribution in [0.2, 0.25) is 0 Å². The molecule has 22 heavy (non-hydrogen) atoms. The lowest BCUT2D eigenvalue weighted by molar-refractivity contribution is 0.0916. The zero-order chi connectivity index (χ0) is 16.3. The predicted molar refractivity (Wildman–Crippen MR) is 84.4 cm³/mol. The number of carbonyl (C=O) groups is 1. The predicted octanol–water partition coefficient (Wildman–Crippen LogP) is 1.76. The van der Waals surface area contributed by atoms with Gasteiger partial charge in [-0.3, -0.25) is 4.79 Å². The van der Waals surface area contributed by atoms with Gasteiger partial charge in [0.25, 0.3) is 5.91 Å². The molecule has 6 heteroatoms. The molecule has 0 unspecified atom stereocenters. The van der Waals surface area contributed by atoms with Crippen LogP contribution < -0.4 is 5.32 Å². The number of amides is 1. The van der Waals surface area contributed by atoms with Crippen LogP contribution in [0.5, 0.6) is 0 Å². The molecule has 2 atom stereocenters. The molecule has 0 saturated heterocycles. The quantitative estimate of drug-likeness (QED) is 0.864. The Labute approximate surface area is 131 Å². The Morgan fingerprint density at radius 2 is 2.09 bits per heavy atom. The summed E-state index contributed by atoms with van der Waals surface area (Å²) < 4.78 is 24.3. The van der Waals surface area contributed by atoms with Crippen LogP contribution in [0.4, 0.5) is 0 Å². The topological polar surface area (TPSA) is 83.5 Å². The molecule has 1 aromatic carbocycles.